The Labute approximate surface area is 175 Å². The van der Waals surface area contributed by atoms with Crippen LogP contribution in [0.5, 0.6) is 0 Å². The van der Waals surface area contributed by atoms with Gasteiger partial charge in [0.05, 0.1) is 0 Å². The lowest BCUT2D eigenvalue weighted by Gasteiger charge is -2.31. The summed E-state index contributed by atoms with van der Waals surface area (Å²) in [4.78, 5) is 29.9. The van der Waals surface area contributed by atoms with Gasteiger partial charge in [0.2, 0.25) is 11.8 Å². The maximum absolute atomic E-state index is 12.8. The SMILES string of the molecule is CCCN(CCC)C(=O)C1CCC(C(=O)Nc2ccc(N3CCCC3)cc2)CC1. The van der Waals surface area contributed by atoms with E-state index in [1.807, 2.05) is 17.0 Å². The minimum atomic E-state index is 0.0168. The van der Waals surface area contributed by atoms with E-state index in [1.54, 1.807) is 0 Å². The number of nitrogens with one attached hydrogen (secondary N) is 1. The van der Waals surface area contributed by atoms with Crippen molar-refractivity contribution in [3.63, 3.8) is 0 Å². The van der Waals surface area contributed by atoms with Gasteiger partial charge in [-0.05, 0) is 75.6 Å². The molecule has 1 saturated heterocycles. The van der Waals surface area contributed by atoms with Crippen LogP contribution in [0.2, 0.25) is 0 Å². The first-order valence-corrected chi connectivity index (χ1v) is 11.6. The molecule has 1 N–H and O–H groups in total. The molecule has 0 atom stereocenters. The molecule has 0 spiro atoms. The Morgan fingerprint density at radius 1 is 0.931 bits per heavy atom. The Balaban J connectivity index is 1.47. The number of hydrogen-bond donors (Lipinski definition) is 1. The van der Waals surface area contributed by atoms with Crippen LogP contribution in [0.25, 0.3) is 0 Å². The molecule has 1 aromatic carbocycles. The average molecular weight is 400 g/mol. The Morgan fingerprint density at radius 2 is 1.48 bits per heavy atom. The van der Waals surface area contributed by atoms with E-state index in [0.29, 0.717) is 5.91 Å². The van der Waals surface area contributed by atoms with Crippen LogP contribution in [0.3, 0.4) is 0 Å². The highest BCUT2D eigenvalue weighted by molar-refractivity contribution is 5.93. The topological polar surface area (TPSA) is 52.7 Å². The zero-order chi connectivity index (χ0) is 20.6. The standard InChI is InChI=1S/C24H37N3O2/c1-3-15-27(16-4-2)24(29)20-9-7-19(8-10-20)23(28)25-21-11-13-22(14-12-21)26-17-5-6-18-26/h11-14,19-20H,3-10,15-18H2,1-2H3,(H,25,28). The third kappa shape index (κ3) is 5.74. The van der Waals surface area contributed by atoms with Crippen molar-refractivity contribution in [1.82, 2.24) is 4.90 Å². The van der Waals surface area contributed by atoms with Crippen molar-refractivity contribution >= 4 is 23.2 Å². The maximum Gasteiger partial charge on any atom is 0.227 e. The lowest BCUT2D eigenvalue weighted by atomic mass is 9.80. The van der Waals surface area contributed by atoms with Crippen LogP contribution >= 0.6 is 0 Å². The van der Waals surface area contributed by atoms with Gasteiger partial charge in [-0.25, -0.2) is 0 Å². The summed E-state index contributed by atoms with van der Waals surface area (Å²) in [7, 11) is 0. The van der Waals surface area contributed by atoms with Gasteiger partial charge in [0.1, 0.15) is 0 Å². The molecule has 0 aromatic heterocycles. The van der Waals surface area contributed by atoms with Crippen LogP contribution in [0.15, 0.2) is 24.3 Å². The van der Waals surface area contributed by atoms with Crippen molar-refractivity contribution in [2.45, 2.75) is 65.2 Å². The summed E-state index contributed by atoms with van der Waals surface area (Å²) < 4.78 is 0. The first-order valence-electron chi connectivity index (χ1n) is 11.6. The van der Waals surface area contributed by atoms with Crippen LogP contribution in [-0.2, 0) is 9.59 Å². The first-order chi connectivity index (χ1) is 14.1. The number of carbonyl (C=O) groups is 2. The van der Waals surface area contributed by atoms with Crippen LogP contribution in [0.1, 0.15) is 65.2 Å². The number of nitrogens with zero attached hydrogens (tertiary/aromatic N) is 2. The fraction of sp³-hybridized carbons (Fsp3) is 0.667. The van der Waals surface area contributed by atoms with Gasteiger partial charge in [0.15, 0.2) is 0 Å². The number of benzene rings is 1. The molecule has 2 aliphatic rings. The normalized spacial score (nSPS) is 21.8. The van der Waals surface area contributed by atoms with E-state index in [2.05, 4.69) is 36.2 Å². The lowest BCUT2D eigenvalue weighted by Crippen LogP contribution is -2.39. The molecule has 160 valence electrons. The van der Waals surface area contributed by atoms with Crippen molar-refractivity contribution in [3.05, 3.63) is 24.3 Å². The highest BCUT2D eigenvalue weighted by atomic mass is 16.2. The minimum absolute atomic E-state index is 0.0168. The fourth-order valence-corrected chi connectivity index (χ4v) is 4.71. The molecule has 2 amide bonds. The number of carbonyl (C=O) groups excluding carboxylic acids is 2. The van der Waals surface area contributed by atoms with Gasteiger partial charge >= 0.3 is 0 Å². The molecule has 3 rings (SSSR count). The molecule has 29 heavy (non-hydrogen) atoms. The second kappa shape index (κ2) is 10.7. The summed E-state index contributed by atoms with van der Waals surface area (Å²) in [6, 6.07) is 8.22. The van der Waals surface area contributed by atoms with E-state index >= 15 is 0 Å². The molecular weight excluding hydrogens is 362 g/mol. The molecule has 1 aliphatic carbocycles. The number of amides is 2. The van der Waals surface area contributed by atoms with Crippen molar-refractivity contribution in [1.29, 1.82) is 0 Å². The maximum atomic E-state index is 12.8. The van der Waals surface area contributed by atoms with Gasteiger partial charge in [-0.1, -0.05) is 13.8 Å². The summed E-state index contributed by atoms with van der Waals surface area (Å²) in [6.45, 7) is 8.19. The molecule has 0 bridgehead atoms. The summed E-state index contributed by atoms with van der Waals surface area (Å²) in [6.07, 6.45) is 7.79. The van der Waals surface area contributed by atoms with Gasteiger partial charge in [-0.15, -0.1) is 0 Å². The van der Waals surface area contributed by atoms with Crippen molar-refractivity contribution < 1.29 is 9.59 Å². The Kier molecular flexibility index (Phi) is 7.96. The Morgan fingerprint density at radius 3 is 2.03 bits per heavy atom. The lowest BCUT2D eigenvalue weighted by molar-refractivity contribution is -0.138. The molecule has 1 saturated carbocycles. The predicted octanol–water partition coefficient (Wildman–Crippen LogP) is 4.68. The van der Waals surface area contributed by atoms with E-state index in [-0.39, 0.29) is 17.7 Å². The van der Waals surface area contributed by atoms with Crippen LogP contribution < -0.4 is 10.2 Å². The molecule has 5 nitrogen and oxygen atoms in total. The zero-order valence-corrected chi connectivity index (χ0v) is 18.2. The molecule has 0 radical (unpaired) electrons. The molecule has 1 heterocycles. The largest absolute Gasteiger partial charge is 0.372 e. The van der Waals surface area contributed by atoms with Gasteiger partial charge in [0, 0.05) is 49.4 Å². The van der Waals surface area contributed by atoms with Crippen molar-refractivity contribution in [2.75, 3.05) is 36.4 Å². The van der Waals surface area contributed by atoms with E-state index in [0.717, 1.165) is 70.4 Å². The van der Waals surface area contributed by atoms with Crippen LogP contribution in [-0.4, -0.2) is 42.9 Å². The zero-order valence-electron chi connectivity index (χ0n) is 18.2. The smallest absolute Gasteiger partial charge is 0.227 e. The summed E-state index contributed by atoms with van der Waals surface area (Å²) >= 11 is 0. The van der Waals surface area contributed by atoms with Crippen molar-refractivity contribution in [3.8, 4) is 0 Å². The Hall–Kier alpha value is -2.04. The highest BCUT2D eigenvalue weighted by Gasteiger charge is 2.31. The Bertz CT molecular complexity index is 653. The van der Waals surface area contributed by atoms with Crippen LogP contribution in [0.4, 0.5) is 11.4 Å². The summed E-state index contributed by atoms with van der Waals surface area (Å²) in [5.41, 5.74) is 2.11. The molecule has 2 fully saturated rings. The predicted molar refractivity (Wildman–Crippen MR) is 119 cm³/mol. The average Bonchev–Trinajstić information content (AvgIpc) is 3.29. The summed E-state index contributed by atoms with van der Waals surface area (Å²) in [5, 5.41) is 3.08. The van der Waals surface area contributed by atoms with E-state index in [9.17, 15) is 9.59 Å². The molecule has 5 heteroatoms. The van der Waals surface area contributed by atoms with E-state index in [4.69, 9.17) is 0 Å². The number of rotatable bonds is 8. The monoisotopic (exact) mass is 399 g/mol. The number of anilines is 2. The third-order valence-electron chi connectivity index (χ3n) is 6.35. The van der Waals surface area contributed by atoms with Gasteiger partial charge in [-0.3, -0.25) is 9.59 Å². The van der Waals surface area contributed by atoms with Gasteiger partial charge in [0.25, 0.3) is 0 Å². The molecule has 0 unspecified atom stereocenters. The van der Waals surface area contributed by atoms with Crippen molar-refractivity contribution in [2.24, 2.45) is 11.8 Å². The fourth-order valence-electron chi connectivity index (χ4n) is 4.71. The third-order valence-corrected chi connectivity index (χ3v) is 6.35. The first kappa shape index (κ1) is 21.7. The van der Waals surface area contributed by atoms with Gasteiger partial charge in [-0.2, -0.15) is 0 Å². The minimum Gasteiger partial charge on any atom is -0.372 e. The second-order valence-electron chi connectivity index (χ2n) is 8.60. The van der Waals surface area contributed by atoms with Crippen LogP contribution in [0, 0.1) is 11.8 Å². The molecule has 1 aliphatic heterocycles. The highest BCUT2D eigenvalue weighted by Crippen LogP contribution is 2.31. The molecular formula is C24H37N3O2. The summed E-state index contributed by atoms with van der Waals surface area (Å²) in [5.74, 6) is 0.508. The van der Waals surface area contributed by atoms with E-state index in [1.165, 1.54) is 18.5 Å². The van der Waals surface area contributed by atoms with Gasteiger partial charge < -0.3 is 15.1 Å². The quantitative estimate of drug-likeness (QED) is 0.690. The second-order valence-corrected chi connectivity index (χ2v) is 8.60. The van der Waals surface area contributed by atoms with E-state index < -0.39 is 0 Å². The molecule has 1 aromatic rings. The number of hydrogen-bond acceptors (Lipinski definition) is 3.